The highest BCUT2D eigenvalue weighted by Gasteiger charge is 2.09. The molecule has 0 aliphatic heterocycles. The minimum Gasteiger partial charge on any atom is -0.480 e. The minimum atomic E-state index is -0.815. The maximum Gasteiger partial charge on any atom is 0.317 e. The fourth-order valence-electron chi connectivity index (χ4n) is 1.69. The van der Waals surface area contributed by atoms with Gasteiger partial charge >= 0.3 is 5.97 Å². The smallest absolute Gasteiger partial charge is 0.317 e. The van der Waals surface area contributed by atoms with Crippen LogP contribution in [0.2, 0.25) is 0 Å². The van der Waals surface area contributed by atoms with E-state index in [-0.39, 0.29) is 24.0 Å². The first-order valence-corrected chi connectivity index (χ1v) is 7.41. The molecule has 0 saturated carbocycles. The molecule has 2 aromatic carbocycles. The van der Waals surface area contributed by atoms with Crippen molar-refractivity contribution in [2.24, 2.45) is 0 Å². The topological polar surface area (TPSA) is 101 Å². The SMILES string of the molecule is CC(C)(C)NCC(=O)O.N.O=C(c1ccccc1)c1ccccc1. The number of carbonyl (C=O) groups is 2. The Labute approximate surface area is 143 Å². The first-order chi connectivity index (χ1) is 10.8. The molecule has 0 atom stereocenters. The van der Waals surface area contributed by atoms with E-state index < -0.39 is 5.97 Å². The molecule has 130 valence electrons. The summed E-state index contributed by atoms with van der Waals surface area (Å²) < 4.78 is 0. The van der Waals surface area contributed by atoms with Gasteiger partial charge in [0.1, 0.15) is 0 Å². The second kappa shape index (κ2) is 10.3. The Balaban J connectivity index is 0.000000468. The fourth-order valence-corrected chi connectivity index (χ4v) is 1.69. The molecular formula is C19H26N2O3. The molecule has 0 aliphatic rings. The second-order valence-electron chi connectivity index (χ2n) is 6.06. The van der Waals surface area contributed by atoms with Crippen LogP contribution in [0, 0.1) is 0 Å². The van der Waals surface area contributed by atoms with Crippen molar-refractivity contribution in [3.63, 3.8) is 0 Å². The van der Waals surface area contributed by atoms with Crippen molar-refractivity contribution in [1.82, 2.24) is 11.5 Å². The van der Waals surface area contributed by atoms with E-state index in [1.807, 2.05) is 81.4 Å². The Morgan fingerprint density at radius 2 is 1.25 bits per heavy atom. The van der Waals surface area contributed by atoms with Crippen LogP contribution in [0.4, 0.5) is 0 Å². The molecule has 0 saturated heterocycles. The molecule has 2 rings (SSSR count). The second-order valence-corrected chi connectivity index (χ2v) is 6.06. The highest BCUT2D eigenvalue weighted by Crippen LogP contribution is 2.08. The van der Waals surface area contributed by atoms with Crippen molar-refractivity contribution in [1.29, 1.82) is 0 Å². The van der Waals surface area contributed by atoms with E-state index >= 15 is 0 Å². The highest BCUT2D eigenvalue weighted by molar-refractivity contribution is 6.08. The molecule has 2 aromatic rings. The average molecular weight is 330 g/mol. The molecular weight excluding hydrogens is 304 g/mol. The molecule has 5 heteroatoms. The van der Waals surface area contributed by atoms with E-state index in [0.717, 1.165) is 11.1 Å². The average Bonchev–Trinajstić information content (AvgIpc) is 2.54. The first kappa shape index (κ1) is 21.5. The summed E-state index contributed by atoms with van der Waals surface area (Å²) in [5, 5.41) is 11.0. The number of aliphatic carboxylic acids is 1. The molecule has 0 bridgehead atoms. The van der Waals surface area contributed by atoms with Gasteiger partial charge in [-0.2, -0.15) is 0 Å². The van der Waals surface area contributed by atoms with Crippen LogP contribution in [-0.2, 0) is 4.79 Å². The molecule has 0 aliphatic carbocycles. The van der Waals surface area contributed by atoms with Gasteiger partial charge < -0.3 is 16.6 Å². The number of carboxylic acids is 1. The van der Waals surface area contributed by atoms with Gasteiger partial charge in [0.2, 0.25) is 0 Å². The standard InChI is InChI=1S/C13H10O.C6H13NO2.H3N/c14-13(11-7-3-1-4-8-11)12-9-5-2-6-10-12;1-6(2,3)7-4-5(8)9;/h1-10H;7H,4H2,1-3H3,(H,8,9);1H3. The molecule has 5 N–H and O–H groups in total. The maximum absolute atomic E-state index is 11.8. The van der Waals surface area contributed by atoms with Gasteiger partial charge in [-0.3, -0.25) is 9.59 Å². The van der Waals surface area contributed by atoms with Gasteiger partial charge in [0, 0.05) is 16.7 Å². The van der Waals surface area contributed by atoms with Crippen LogP contribution in [0.15, 0.2) is 60.7 Å². The van der Waals surface area contributed by atoms with Crippen LogP contribution in [-0.4, -0.2) is 28.9 Å². The van der Waals surface area contributed by atoms with Crippen molar-refractivity contribution < 1.29 is 14.7 Å². The van der Waals surface area contributed by atoms with Gasteiger partial charge in [0.25, 0.3) is 0 Å². The van der Waals surface area contributed by atoms with E-state index in [4.69, 9.17) is 5.11 Å². The van der Waals surface area contributed by atoms with Crippen molar-refractivity contribution >= 4 is 11.8 Å². The van der Waals surface area contributed by atoms with Gasteiger partial charge in [-0.25, -0.2) is 0 Å². The van der Waals surface area contributed by atoms with Gasteiger partial charge in [-0.15, -0.1) is 0 Å². The predicted octanol–water partition coefficient (Wildman–Crippen LogP) is 3.54. The number of hydrogen-bond acceptors (Lipinski definition) is 4. The molecule has 0 heterocycles. The first-order valence-electron chi connectivity index (χ1n) is 7.41. The van der Waals surface area contributed by atoms with Crippen molar-refractivity contribution in [3.05, 3.63) is 71.8 Å². The van der Waals surface area contributed by atoms with Crippen LogP contribution >= 0.6 is 0 Å². The largest absolute Gasteiger partial charge is 0.480 e. The number of carbonyl (C=O) groups excluding carboxylic acids is 1. The highest BCUT2D eigenvalue weighted by atomic mass is 16.4. The van der Waals surface area contributed by atoms with Crippen molar-refractivity contribution in [2.75, 3.05) is 6.54 Å². The van der Waals surface area contributed by atoms with E-state index in [9.17, 15) is 9.59 Å². The van der Waals surface area contributed by atoms with Crippen LogP contribution < -0.4 is 11.5 Å². The Morgan fingerprint density at radius 3 is 1.50 bits per heavy atom. The van der Waals surface area contributed by atoms with Crippen LogP contribution in [0.5, 0.6) is 0 Å². The summed E-state index contributed by atoms with van der Waals surface area (Å²) >= 11 is 0. The lowest BCUT2D eigenvalue weighted by atomic mass is 10.0. The summed E-state index contributed by atoms with van der Waals surface area (Å²) in [7, 11) is 0. The number of benzene rings is 2. The molecule has 0 unspecified atom stereocenters. The monoisotopic (exact) mass is 330 g/mol. The Kier molecular flexibility index (Phi) is 9.23. The number of nitrogens with one attached hydrogen (secondary N) is 1. The zero-order chi connectivity index (χ0) is 17.3. The summed E-state index contributed by atoms with van der Waals surface area (Å²) in [5.74, 6) is -0.740. The normalized spacial score (nSPS) is 9.96. The molecule has 0 spiro atoms. The number of carboxylic acid groups (broad SMARTS) is 1. The maximum atomic E-state index is 11.8. The number of rotatable bonds is 4. The van der Waals surface area contributed by atoms with Gasteiger partial charge in [-0.1, -0.05) is 60.7 Å². The van der Waals surface area contributed by atoms with Gasteiger partial charge in [0.15, 0.2) is 5.78 Å². The molecule has 24 heavy (non-hydrogen) atoms. The predicted molar refractivity (Wildman–Crippen MR) is 96.7 cm³/mol. The summed E-state index contributed by atoms with van der Waals surface area (Å²) in [4.78, 5) is 21.8. The van der Waals surface area contributed by atoms with Crippen molar-refractivity contribution in [3.8, 4) is 0 Å². The zero-order valence-electron chi connectivity index (χ0n) is 14.5. The summed E-state index contributed by atoms with van der Waals surface area (Å²) in [5.41, 5.74) is 1.37. The summed E-state index contributed by atoms with van der Waals surface area (Å²) in [6.07, 6.45) is 0. The third-order valence-electron chi connectivity index (χ3n) is 2.84. The van der Waals surface area contributed by atoms with Crippen LogP contribution in [0.1, 0.15) is 36.7 Å². The summed E-state index contributed by atoms with van der Waals surface area (Å²) in [6, 6.07) is 18.6. The van der Waals surface area contributed by atoms with E-state index in [0.29, 0.717) is 0 Å². The lowest BCUT2D eigenvalue weighted by molar-refractivity contribution is -0.136. The lowest BCUT2D eigenvalue weighted by Gasteiger charge is -2.18. The van der Waals surface area contributed by atoms with Crippen LogP contribution in [0.25, 0.3) is 0 Å². The minimum absolute atomic E-state index is 0. The molecule has 0 aromatic heterocycles. The van der Waals surface area contributed by atoms with Gasteiger partial charge in [0.05, 0.1) is 6.54 Å². The zero-order valence-corrected chi connectivity index (χ0v) is 14.5. The third-order valence-corrected chi connectivity index (χ3v) is 2.84. The van der Waals surface area contributed by atoms with Crippen LogP contribution in [0.3, 0.4) is 0 Å². The van der Waals surface area contributed by atoms with E-state index in [1.165, 1.54) is 0 Å². The lowest BCUT2D eigenvalue weighted by Crippen LogP contribution is -2.39. The van der Waals surface area contributed by atoms with E-state index in [1.54, 1.807) is 0 Å². The Morgan fingerprint density at radius 1 is 0.875 bits per heavy atom. The van der Waals surface area contributed by atoms with Crippen molar-refractivity contribution in [2.45, 2.75) is 26.3 Å². The molecule has 0 radical (unpaired) electrons. The fraction of sp³-hybridized carbons (Fsp3) is 0.263. The molecule has 0 amide bonds. The Hall–Kier alpha value is -2.50. The third kappa shape index (κ3) is 8.82. The number of ketones is 1. The molecule has 0 fully saturated rings. The quantitative estimate of drug-likeness (QED) is 0.744. The summed E-state index contributed by atoms with van der Waals surface area (Å²) in [6.45, 7) is 5.81. The molecule has 5 nitrogen and oxygen atoms in total. The number of hydrogen-bond donors (Lipinski definition) is 3. The van der Waals surface area contributed by atoms with Gasteiger partial charge in [-0.05, 0) is 20.8 Å². The van der Waals surface area contributed by atoms with E-state index in [2.05, 4.69) is 5.32 Å². The Bertz CT molecular complexity index is 579.